The molecule has 2 aromatic heterocycles. The smallest absolute Gasteiger partial charge is 0.0708 e. The molecule has 0 amide bonds. The van der Waals surface area contributed by atoms with Gasteiger partial charge in [0.05, 0.1) is 11.0 Å². The molecule has 2 heterocycles. The summed E-state index contributed by atoms with van der Waals surface area (Å²) in [4.78, 5) is 8.51. The molecule has 0 spiro atoms. The summed E-state index contributed by atoms with van der Waals surface area (Å²) in [7, 11) is 0. The molecule has 5 rings (SSSR count). The van der Waals surface area contributed by atoms with Crippen molar-refractivity contribution in [2.75, 3.05) is 0 Å². The molecule has 0 fully saturated rings. The van der Waals surface area contributed by atoms with E-state index in [1.165, 1.54) is 21.5 Å². The van der Waals surface area contributed by atoms with Crippen LogP contribution in [0.4, 0.5) is 0 Å². The predicted octanol–water partition coefficient (Wildman–Crippen LogP) is 5.62. The fourth-order valence-corrected chi connectivity index (χ4v) is 2.85. The lowest BCUT2D eigenvalue weighted by Gasteiger charge is -2.01. The highest BCUT2D eigenvalue weighted by Crippen LogP contribution is 2.23. The van der Waals surface area contributed by atoms with Gasteiger partial charge in [-0.2, -0.15) is 0 Å². The third-order valence-electron chi connectivity index (χ3n) is 4.02. The van der Waals surface area contributed by atoms with E-state index in [2.05, 4.69) is 64.6 Å². The number of pyridine rings is 2. The van der Waals surface area contributed by atoms with Gasteiger partial charge in [0, 0.05) is 23.2 Å². The number of benzene rings is 3. The minimum atomic E-state index is 1.06. The number of hydrogen-bond acceptors (Lipinski definition) is 2. The molecule has 24 heavy (non-hydrogen) atoms. The lowest BCUT2D eigenvalue weighted by Crippen LogP contribution is -1.79. The molecular formula is C22H16N2. The fraction of sp³-hybridized carbons (Fsp3) is 0. The van der Waals surface area contributed by atoms with Crippen LogP contribution < -0.4 is 0 Å². The van der Waals surface area contributed by atoms with Crippen LogP contribution in [0, 0.1) is 0 Å². The van der Waals surface area contributed by atoms with Crippen LogP contribution in [0.15, 0.2) is 97.3 Å². The van der Waals surface area contributed by atoms with Gasteiger partial charge in [-0.15, -0.1) is 0 Å². The lowest BCUT2D eigenvalue weighted by molar-refractivity contribution is 1.41. The van der Waals surface area contributed by atoms with Gasteiger partial charge in [0.1, 0.15) is 0 Å². The molecule has 0 saturated heterocycles. The summed E-state index contributed by atoms with van der Waals surface area (Å²) in [6.07, 6.45) is 3.64. The minimum Gasteiger partial charge on any atom is -0.256 e. The second kappa shape index (κ2) is 6.47. The highest BCUT2D eigenvalue weighted by atomic mass is 14.6. The van der Waals surface area contributed by atoms with Crippen LogP contribution in [-0.2, 0) is 0 Å². The van der Waals surface area contributed by atoms with E-state index in [1.54, 1.807) is 0 Å². The number of para-hydroxylation sites is 1. The highest BCUT2D eigenvalue weighted by Gasteiger charge is 1.98. The number of rotatable bonds is 0. The summed E-state index contributed by atoms with van der Waals surface area (Å²) < 4.78 is 0. The zero-order valence-electron chi connectivity index (χ0n) is 13.1. The molecule has 0 unspecified atom stereocenters. The van der Waals surface area contributed by atoms with Crippen LogP contribution in [0.1, 0.15) is 0 Å². The van der Waals surface area contributed by atoms with Gasteiger partial charge < -0.3 is 0 Å². The number of fused-ring (bicyclic) bond motifs is 4. The Bertz CT molecular complexity index is 996. The Morgan fingerprint density at radius 1 is 0.417 bits per heavy atom. The van der Waals surface area contributed by atoms with E-state index in [1.807, 2.05) is 42.7 Å². The summed E-state index contributed by atoms with van der Waals surface area (Å²) >= 11 is 0. The van der Waals surface area contributed by atoms with Crippen molar-refractivity contribution in [2.45, 2.75) is 0 Å². The third-order valence-corrected chi connectivity index (χ3v) is 4.02. The first-order chi connectivity index (χ1) is 11.9. The van der Waals surface area contributed by atoms with Crippen LogP contribution in [0.3, 0.4) is 0 Å². The molecule has 0 atom stereocenters. The van der Waals surface area contributed by atoms with Gasteiger partial charge in [-0.3, -0.25) is 9.97 Å². The molecule has 0 aliphatic carbocycles. The van der Waals surface area contributed by atoms with E-state index < -0.39 is 0 Å². The zero-order chi connectivity index (χ0) is 16.2. The van der Waals surface area contributed by atoms with Crippen LogP contribution in [0.2, 0.25) is 0 Å². The topological polar surface area (TPSA) is 25.8 Å². The molecule has 3 aromatic carbocycles. The van der Waals surface area contributed by atoms with Gasteiger partial charge in [-0.1, -0.05) is 60.7 Å². The standard InChI is InChI=1S/C13H9N.C9H7N/c1-2-5-11-10(4-1)7-8-13-12(11)6-3-9-14-13;1-2-6-9-8(4-1)5-3-7-10-9/h1-9H;1-7H. The van der Waals surface area contributed by atoms with Crippen molar-refractivity contribution >= 4 is 32.6 Å². The van der Waals surface area contributed by atoms with Crippen molar-refractivity contribution in [3.05, 3.63) is 97.3 Å². The first-order valence-electron chi connectivity index (χ1n) is 7.94. The first kappa shape index (κ1) is 14.3. The van der Waals surface area contributed by atoms with Crippen LogP contribution in [-0.4, -0.2) is 9.97 Å². The average molecular weight is 308 g/mol. The Labute approximate surface area is 140 Å². The van der Waals surface area contributed by atoms with Gasteiger partial charge in [0.25, 0.3) is 0 Å². The normalized spacial score (nSPS) is 10.5. The maximum absolute atomic E-state index is 4.33. The summed E-state index contributed by atoms with van der Waals surface area (Å²) in [5.41, 5.74) is 2.12. The zero-order valence-corrected chi connectivity index (χ0v) is 13.1. The van der Waals surface area contributed by atoms with Crippen LogP contribution in [0.5, 0.6) is 0 Å². The van der Waals surface area contributed by atoms with Gasteiger partial charge in [0.15, 0.2) is 0 Å². The predicted molar refractivity (Wildman–Crippen MR) is 101 cm³/mol. The van der Waals surface area contributed by atoms with E-state index in [0.717, 1.165) is 11.0 Å². The summed E-state index contributed by atoms with van der Waals surface area (Å²) in [6.45, 7) is 0. The molecule has 0 aliphatic heterocycles. The molecule has 5 aromatic rings. The summed E-state index contributed by atoms with van der Waals surface area (Å²) in [5.74, 6) is 0. The molecule has 2 nitrogen and oxygen atoms in total. The Morgan fingerprint density at radius 2 is 1.04 bits per heavy atom. The van der Waals surface area contributed by atoms with Crippen molar-refractivity contribution in [2.24, 2.45) is 0 Å². The number of hydrogen-bond donors (Lipinski definition) is 0. The highest BCUT2D eigenvalue weighted by molar-refractivity contribution is 6.05. The molecule has 2 heteroatoms. The maximum atomic E-state index is 4.33. The summed E-state index contributed by atoms with van der Waals surface area (Å²) in [5, 5.41) is 4.97. The molecule has 0 bridgehead atoms. The molecule has 0 radical (unpaired) electrons. The Morgan fingerprint density at radius 3 is 1.92 bits per heavy atom. The fourth-order valence-electron chi connectivity index (χ4n) is 2.85. The van der Waals surface area contributed by atoms with Crippen molar-refractivity contribution in [1.29, 1.82) is 0 Å². The van der Waals surface area contributed by atoms with E-state index in [-0.39, 0.29) is 0 Å². The van der Waals surface area contributed by atoms with Crippen molar-refractivity contribution in [1.82, 2.24) is 9.97 Å². The van der Waals surface area contributed by atoms with Gasteiger partial charge in [0.2, 0.25) is 0 Å². The second-order valence-electron chi connectivity index (χ2n) is 5.55. The molecule has 0 saturated carbocycles. The van der Waals surface area contributed by atoms with E-state index in [4.69, 9.17) is 0 Å². The number of nitrogens with zero attached hydrogens (tertiary/aromatic N) is 2. The van der Waals surface area contributed by atoms with Gasteiger partial charge in [-0.05, 0) is 35.0 Å². The largest absolute Gasteiger partial charge is 0.256 e. The second-order valence-corrected chi connectivity index (χ2v) is 5.55. The molecular weight excluding hydrogens is 292 g/mol. The van der Waals surface area contributed by atoms with Gasteiger partial charge in [-0.25, -0.2) is 0 Å². The van der Waals surface area contributed by atoms with Gasteiger partial charge >= 0.3 is 0 Å². The van der Waals surface area contributed by atoms with Crippen molar-refractivity contribution in [3.63, 3.8) is 0 Å². The van der Waals surface area contributed by atoms with Crippen LogP contribution >= 0.6 is 0 Å². The van der Waals surface area contributed by atoms with E-state index in [0.29, 0.717) is 0 Å². The van der Waals surface area contributed by atoms with E-state index in [9.17, 15) is 0 Å². The quantitative estimate of drug-likeness (QED) is 0.347. The number of aromatic nitrogens is 2. The monoisotopic (exact) mass is 308 g/mol. The van der Waals surface area contributed by atoms with Crippen molar-refractivity contribution < 1.29 is 0 Å². The first-order valence-corrected chi connectivity index (χ1v) is 7.94. The molecule has 114 valence electrons. The average Bonchev–Trinajstić information content (AvgIpc) is 2.68. The minimum absolute atomic E-state index is 1.06. The lowest BCUT2D eigenvalue weighted by atomic mass is 10.1. The summed E-state index contributed by atoms with van der Waals surface area (Å²) in [6, 6.07) is 28.8. The third kappa shape index (κ3) is 2.82. The Balaban J connectivity index is 0.000000129. The molecule has 0 N–H and O–H groups in total. The SMILES string of the molecule is c1ccc2c(c1)ccc1ncccc12.c1ccc2ncccc2c1. The van der Waals surface area contributed by atoms with Crippen LogP contribution in [0.25, 0.3) is 32.6 Å². The molecule has 0 aliphatic rings. The Hall–Kier alpha value is -3.26. The van der Waals surface area contributed by atoms with E-state index >= 15 is 0 Å². The Kier molecular flexibility index (Phi) is 3.86. The van der Waals surface area contributed by atoms with Crippen molar-refractivity contribution in [3.8, 4) is 0 Å². The maximum Gasteiger partial charge on any atom is 0.0708 e.